The van der Waals surface area contributed by atoms with Crippen molar-refractivity contribution in [3.63, 3.8) is 0 Å². The van der Waals surface area contributed by atoms with Crippen molar-refractivity contribution in [2.24, 2.45) is 5.73 Å². The highest BCUT2D eigenvalue weighted by atomic mass is 32.1. The van der Waals surface area contributed by atoms with Crippen LogP contribution in [0.1, 0.15) is 0 Å². The first-order valence-corrected chi connectivity index (χ1v) is 6.19. The number of fused-ring (bicyclic) bond motifs is 1. The van der Waals surface area contributed by atoms with Crippen LogP contribution >= 0.6 is 12.2 Å². The summed E-state index contributed by atoms with van der Waals surface area (Å²) in [5.41, 5.74) is 6.22. The van der Waals surface area contributed by atoms with Crippen LogP contribution in [0.2, 0.25) is 0 Å². The van der Waals surface area contributed by atoms with Crippen LogP contribution in [0, 0.1) is 0 Å². The molecule has 0 bridgehead atoms. The molecule has 2 aromatic rings. The maximum atomic E-state index is 12.1. The van der Waals surface area contributed by atoms with E-state index >= 15 is 0 Å². The maximum Gasteiger partial charge on any atom is 0.126 e. The van der Waals surface area contributed by atoms with E-state index in [9.17, 15) is 4.39 Å². The minimum atomic E-state index is -0.0398. The van der Waals surface area contributed by atoms with Crippen molar-refractivity contribution in [1.82, 2.24) is 5.32 Å². The van der Waals surface area contributed by atoms with Crippen LogP contribution < -0.4 is 16.4 Å². The third kappa shape index (κ3) is 3.42. The molecule has 2 aromatic carbocycles. The second kappa shape index (κ2) is 6.15. The van der Waals surface area contributed by atoms with Crippen molar-refractivity contribution >= 4 is 33.7 Å². The van der Waals surface area contributed by atoms with Gasteiger partial charge in [0, 0.05) is 11.1 Å². The van der Waals surface area contributed by atoms with E-state index < -0.39 is 0 Å². The molecule has 19 heavy (non-hydrogen) atoms. The lowest BCUT2D eigenvalue weighted by Crippen LogP contribution is -2.29. The van der Waals surface area contributed by atoms with Gasteiger partial charge in [-0.1, -0.05) is 48.6 Å². The van der Waals surface area contributed by atoms with Gasteiger partial charge in [-0.15, -0.1) is 0 Å². The van der Waals surface area contributed by atoms with Gasteiger partial charge in [0.25, 0.3) is 0 Å². The summed E-state index contributed by atoms with van der Waals surface area (Å²) in [7, 11) is 0. The highest BCUT2D eigenvalue weighted by Crippen LogP contribution is 2.22. The Hall–Kier alpha value is -2.14. The number of anilines is 1. The molecule has 0 aliphatic carbocycles. The fraction of sp³-hybridized carbons (Fsp3) is 0.0714. The minimum absolute atomic E-state index is 0.0398. The van der Waals surface area contributed by atoms with Gasteiger partial charge in [-0.3, -0.25) is 0 Å². The lowest BCUT2D eigenvalue weighted by Gasteiger charge is -2.11. The van der Waals surface area contributed by atoms with Crippen molar-refractivity contribution in [1.29, 1.82) is 0 Å². The zero-order valence-electron chi connectivity index (χ0n) is 10.2. The maximum absolute atomic E-state index is 12.1. The lowest BCUT2D eigenvalue weighted by atomic mass is 10.1. The van der Waals surface area contributed by atoms with Crippen LogP contribution in [0.5, 0.6) is 0 Å². The molecule has 0 saturated heterocycles. The van der Waals surface area contributed by atoms with E-state index in [1.54, 1.807) is 0 Å². The Bertz CT molecular complexity index is 620. The molecule has 0 atom stereocenters. The Kier molecular flexibility index (Phi) is 4.30. The number of rotatable bonds is 4. The van der Waals surface area contributed by atoms with Gasteiger partial charge in [0.2, 0.25) is 0 Å². The first kappa shape index (κ1) is 13.3. The summed E-state index contributed by atoms with van der Waals surface area (Å²) in [6.07, 6.45) is 0.306. The molecule has 98 valence electrons. The molecule has 2 rings (SSSR count). The highest BCUT2D eigenvalue weighted by Gasteiger charge is 2.02. The zero-order valence-corrected chi connectivity index (χ0v) is 11.0. The summed E-state index contributed by atoms with van der Waals surface area (Å²) in [5.74, 6) is -0.0398. The molecular formula is C14H14FN3S. The molecule has 0 amide bonds. The number of nitrogens with two attached hydrogens (primary N) is 1. The standard InChI is InChI=1S/C14H14FN3S/c15-8-13(16)17-9-14(19)18-12-7-3-5-10-4-1-2-6-11(10)12/h1-8,17H,9,16H2,(H,18,19)/b13-8+. The van der Waals surface area contributed by atoms with Gasteiger partial charge in [0.15, 0.2) is 0 Å². The van der Waals surface area contributed by atoms with Crippen molar-refractivity contribution < 1.29 is 4.39 Å². The molecule has 4 N–H and O–H groups in total. The Morgan fingerprint density at radius 2 is 1.95 bits per heavy atom. The van der Waals surface area contributed by atoms with Gasteiger partial charge >= 0.3 is 0 Å². The molecule has 0 aliphatic rings. The quantitative estimate of drug-likeness (QED) is 0.751. The fourth-order valence-corrected chi connectivity index (χ4v) is 1.93. The number of benzene rings is 2. The monoisotopic (exact) mass is 275 g/mol. The minimum Gasteiger partial charge on any atom is -0.384 e. The predicted octanol–water partition coefficient (Wildman–Crippen LogP) is 2.90. The Balaban J connectivity index is 2.11. The second-order valence-electron chi connectivity index (χ2n) is 3.99. The van der Waals surface area contributed by atoms with Crippen molar-refractivity contribution in [2.75, 3.05) is 11.9 Å². The van der Waals surface area contributed by atoms with Crippen LogP contribution in [0.15, 0.2) is 54.6 Å². The first-order chi connectivity index (χ1) is 9.20. The van der Waals surface area contributed by atoms with E-state index in [2.05, 4.69) is 10.6 Å². The Morgan fingerprint density at radius 3 is 2.74 bits per heavy atom. The topological polar surface area (TPSA) is 50.1 Å². The number of thiocarbonyl (C=S) groups is 1. The number of nitrogens with one attached hydrogen (secondary N) is 2. The number of hydrogen-bond donors (Lipinski definition) is 3. The van der Waals surface area contributed by atoms with Crippen molar-refractivity contribution in [3.8, 4) is 0 Å². The third-order valence-corrected chi connectivity index (χ3v) is 2.88. The average Bonchev–Trinajstić information content (AvgIpc) is 2.45. The highest BCUT2D eigenvalue weighted by molar-refractivity contribution is 7.80. The molecule has 0 saturated carbocycles. The molecule has 3 nitrogen and oxygen atoms in total. The van der Waals surface area contributed by atoms with E-state index in [0.29, 0.717) is 11.3 Å². The zero-order chi connectivity index (χ0) is 13.7. The largest absolute Gasteiger partial charge is 0.384 e. The summed E-state index contributed by atoms with van der Waals surface area (Å²) in [4.78, 5) is 0.543. The van der Waals surface area contributed by atoms with Gasteiger partial charge in [0.1, 0.15) is 12.2 Å². The van der Waals surface area contributed by atoms with Gasteiger partial charge in [-0.25, -0.2) is 4.39 Å². The molecule has 0 heterocycles. The fourth-order valence-electron chi connectivity index (χ4n) is 1.75. The third-order valence-electron chi connectivity index (χ3n) is 2.63. The van der Waals surface area contributed by atoms with Crippen LogP contribution in [0.4, 0.5) is 10.1 Å². The number of halogens is 1. The van der Waals surface area contributed by atoms with Crippen LogP contribution in [0.25, 0.3) is 10.8 Å². The van der Waals surface area contributed by atoms with E-state index in [4.69, 9.17) is 18.0 Å². The Labute approximate surface area is 116 Å². The smallest absolute Gasteiger partial charge is 0.126 e. The Morgan fingerprint density at radius 1 is 1.21 bits per heavy atom. The summed E-state index contributed by atoms with van der Waals surface area (Å²) in [6.45, 7) is 0.283. The SMILES string of the molecule is N/C(=C\F)NCC(=S)Nc1cccc2ccccc12. The summed E-state index contributed by atoms with van der Waals surface area (Å²) < 4.78 is 12.1. The second-order valence-corrected chi connectivity index (χ2v) is 4.49. The molecule has 0 spiro atoms. The summed E-state index contributed by atoms with van der Waals surface area (Å²) >= 11 is 5.19. The molecule has 5 heteroatoms. The van der Waals surface area contributed by atoms with Crippen LogP contribution in [-0.4, -0.2) is 11.5 Å². The van der Waals surface area contributed by atoms with Crippen LogP contribution in [-0.2, 0) is 0 Å². The molecule has 0 unspecified atom stereocenters. The van der Waals surface area contributed by atoms with Gasteiger partial charge in [-0.05, 0) is 11.5 Å². The van der Waals surface area contributed by atoms with Gasteiger partial charge in [0.05, 0.1) is 11.5 Å². The van der Waals surface area contributed by atoms with Gasteiger partial charge in [-0.2, -0.15) is 0 Å². The number of hydrogen-bond acceptors (Lipinski definition) is 3. The van der Waals surface area contributed by atoms with Crippen molar-refractivity contribution in [3.05, 3.63) is 54.6 Å². The predicted molar refractivity (Wildman–Crippen MR) is 81.5 cm³/mol. The average molecular weight is 275 g/mol. The summed E-state index contributed by atoms with van der Waals surface area (Å²) in [6, 6.07) is 13.9. The first-order valence-electron chi connectivity index (χ1n) is 5.78. The molecule has 0 aromatic heterocycles. The van der Waals surface area contributed by atoms with E-state index in [1.807, 2.05) is 42.5 Å². The van der Waals surface area contributed by atoms with E-state index in [-0.39, 0.29) is 12.4 Å². The normalized spacial score (nSPS) is 11.3. The molecule has 0 radical (unpaired) electrons. The van der Waals surface area contributed by atoms with Crippen LogP contribution in [0.3, 0.4) is 0 Å². The lowest BCUT2D eigenvalue weighted by molar-refractivity contribution is 0.688. The molecular weight excluding hydrogens is 261 g/mol. The van der Waals surface area contributed by atoms with Crippen molar-refractivity contribution in [2.45, 2.75) is 0 Å². The molecule has 0 aliphatic heterocycles. The van der Waals surface area contributed by atoms with E-state index in [1.165, 1.54) is 0 Å². The van der Waals surface area contributed by atoms with E-state index in [0.717, 1.165) is 16.5 Å². The molecule has 0 fully saturated rings. The van der Waals surface area contributed by atoms with Gasteiger partial charge < -0.3 is 16.4 Å². The summed E-state index contributed by atoms with van der Waals surface area (Å²) in [5, 5.41) is 8.00.